The number of hydrogen-bond donors (Lipinski definition) is 2. The Balaban J connectivity index is 0.00000205. The molecule has 0 fully saturated rings. The van der Waals surface area contributed by atoms with Crippen LogP contribution in [-0.2, 0) is 6.61 Å². The van der Waals surface area contributed by atoms with Gasteiger partial charge in [-0.1, -0.05) is 6.07 Å². The second kappa shape index (κ2) is 7.84. The first-order chi connectivity index (χ1) is 13.6. The van der Waals surface area contributed by atoms with Crippen molar-refractivity contribution in [3.8, 4) is 34.1 Å². The van der Waals surface area contributed by atoms with E-state index >= 15 is 0 Å². The molecule has 144 valence electrons. The molecular weight excluding hydrogens is 502 g/mol. The molecule has 2 aliphatic heterocycles. The van der Waals surface area contributed by atoms with E-state index in [1.807, 2.05) is 12.1 Å². The Morgan fingerprint density at radius 3 is 2.48 bits per heavy atom. The average molecular weight is 516 g/mol. The third-order valence-electron chi connectivity index (χ3n) is 4.87. The number of aromatic carboxylic acids is 1. The topological polar surface area (TPSA) is 94.5 Å². The van der Waals surface area contributed by atoms with Crippen molar-refractivity contribution in [3.63, 3.8) is 0 Å². The van der Waals surface area contributed by atoms with Crippen LogP contribution < -0.4 is 18.9 Å². The number of benzene rings is 3. The Hall–Kier alpha value is -1.72. The summed E-state index contributed by atoms with van der Waals surface area (Å²) in [6.45, 7) is -0.228. The maximum atomic E-state index is 11.9. The summed E-state index contributed by atoms with van der Waals surface area (Å²) in [5.41, 5.74) is 1.62. The zero-order valence-electron chi connectivity index (χ0n) is 14.3. The van der Waals surface area contributed by atoms with E-state index in [0.29, 0.717) is 50.5 Å². The predicted molar refractivity (Wildman–Crippen MR) is 114 cm³/mol. The van der Waals surface area contributed by atoms with Crippen LogP contribution in [-0.4, -0.2) is 59.3 Å². The first kappa shape index (κ1) is 20.5. The van der Waals surface area contributed by atoms with Crippen molar-refractivity contribution >= 4 is 68.9 Å². The van der Waals surface area contributed by atoms with Crippen LogP contribution in [0.3, 0.4) is 0 Å². The monoisotopic (exact) mass is 516 g/mol. The summed E-state index contributed by atoms with van der Waals surface area (Å²) in [5.74, 6) is 1.20. The van der Waals surface area contributed by atoms with Crippen LogP contribution in [0.5, 0.6) is 23.0 Å². The van der Waals surface area contributed by atoms with E-state index < -0.39 is 12.6 Å². The van der Waals surface area contributed by atoms with Crippen LogP contribution in [0.25, 0.3) is 21.9 Å². The van der Waals surface area contributed by atoms with Crippen LogP contribution in [0.15, 0.2) is 30.3 Å². The van der Waals surface area contributed by atoms with Gasteiger partial charge in [-0.25, -0.2) is 4.79 Å². The minimum atomic E-state index is -1.11. The summed E-state index contributed by atoms with van der Waals surface area (Å²) in [6.07, 6.45) is 0. The van der Waals surface area contributed by atoms with Crippen molar-refractivity contribution in [2.75, 3.05) is 13.6 Å². The molecule has 0 radical (unpaired) electrons. The molecule has 7 nitrogen and oxygen atoms in total. The molecule has 0 aromatic heterocycles. The van der Waals surface area contributed by atoms with Crippen molar-refractivity contribution in [1.82, 2.24) is 0 Å². The third-order valence-corrected chi connectivity index (χ3v) is 5.76. The number of ether oxygens (including phenoxy) is 4. The number of carbonyl (C=O) groups is 1. The van der Waals surface area contributed by atoms with E-state index in [1.54, 1.807) is 18.2 Å². The first-order valence-corrected chi connectivity index (χ1v) is 9.48. The second-order valence-corrected chi connectivity index (χ2v) is 7.49. The van der Waals surface area contributed by atoms with Gasteiger partial charge in [0, 0.05) is 19.9 Å². The Morgan fingerprint density at radius 1 is 1.00 bits per heavy atom. The standard InChI is InChI=1S/C20H13IO7.Na.H/c21-13-5-16-19(28-8-27-16)18-11(13)4-10(20(23)24)12(6-22)17(18)9-1-2-14-15(3-9)26-7-25-14;;/h1-5,22H,6-8H2,(H,23,24);;. The van der Waals surface area contributed by atoms with E-state index in [9.17, 15) is 15.0 Å². The molecule has 0 bridgehead atoms. The molecule has 0 amide bonds. The average Bonchev–Trinajstić information content (AvgIpc) is 3.34. The van der Waals surface area contributed by atoms with Gasteiger partial charge in [0.15, 0.2) is 23.0 Å². The van der Waals surface area contributed by atoms with E-state index in [2.05, 4.69) is 22.6 Å². The summed E-state index contributed by atoms with van der Waals surface area (Å²) in [5, 5.41) is 21.3. The molecule has 0 aliphatic carbocycles. The van der Waals surface area contributed by atoms with E-state index in [-0.39, 0.29) is 48.7 Å². The SMILES string of the molecule is O=C(O)c1cc2c(I)cc3c(c2c(-c2ccc4c(c2)OCO4)c1CO)OCO3.[NaH]. The van der Waals surface area contributed by atoms with Crippen LogP contribution >= 0.6 is 22.6 Å². The van der Waals surface area contributed by atoms with Crippen LogP contribution in [0.1, 0.15) is 15.9 Å². The molecule has 5 rings (SSSR count). The van der Waals surface area contributed by atoms with Crippen molar-refractivity contribution in [2.24, 2.45) is 0 Å². The maximum absolute atomic E-state index is 11.9. The van der Waals surface area contributed by atoms with E-state index in [1.165, 1.54) is 0 Å². The normalized spacial score (nSPS) is 13.4. The number of fused-ring (bicyclic) bond motifs is 4. The molecule has 0 atom stereocenters. The fraction of sp³-hybridized carbons (Fsp3) is 0.150. The summed E-state index contributed by atoms with van der Waals surface area (Å²) in [6, 6.07) is 8.75. The number of halogens is 1. The Labute approximate surface area is 200 Å². The fourth-order valence-corrected chi connectivity index (χ4v) is 4.37. The van der Waals surface area contributed by atoms with Crippen LogP contribution in [0.4, 0.5) is 0 Å². The van der Waals surface area contributed by atoms with Crippen molar-refractivity contribution in [1.29, 1.82) is 0 Å². The molecule has 2 N–H and O–H groups in total. The van der Waals surface area contributed by atoms with Gasteiger partial charge >= 0.3 is 35.5 Å². The summed E-state index contributed by atoms with van der Waals surface area (Å²) < 4.78 is 22.9. The Morgan fingerprint density at radius 2 is 1.72 bits per heavy atom. The van der Waals surface area contributed by atoms with Crippen LogP contribution in [0.2, 0.25) is 0 Å². The third kappa shape index (κ3) is 3.23. The zero-order chi connectivity index (χ0) is 19.4. The van der Waals surface area contributed by atoms with Gasteiger partial charge in [0.05, 0.1) is 12.2 Å². The molecule has 3 aromatic carbocycles. The molecule has 2 heterocycles. The number of carboxylic acid groups (broad SMARTS) is 1. The molecule has 0 unspecified atom stereocenters. The quantitative estimate of drug-likeness (QED) is 0.408. The van der Waals surface area contributed by atoms with Gasteiger partial charge in [0.25, 0.3) is 0 Å². The predicted octanol–water partition coefficient (Wildman–Crippen LogP) is 3.11. The number of aliphatic hydroxyl groups is 1. The summed E-state index contributed by atoms with van der Waals surface area (Å²) in [4.78, 5) is 11.9. The molecule has 2 aliphatic rings. The van der Waals surface area contributed by atoms with E-state index in [4.69, 9.17) is 18.9 Å². The molecule has 9 heteroatoms. The van der Waals surface area contributed by atoms with Gasteiger partial charge in [0.2, 0.25) is 13.6 Å². The number of aliphatic hydroxyl groups excluding tert-OH is 1. The van der Waals surface area contributed by atoms with Gasteiger partial charge in [0.1, 0.15) is 0 Å². The van der Waals surface area contributed by atoms with Gasteiger partial charge < -0.3 is 29.2 Å². The van der Waals surface area contributed by atoms with Crippen molar-refractivity contribution in [3.05, 3.63) is 45.0 Å². The molecular formula is C20H14INaO7. The number of hydrogen-bond acceptors (Lipinski definition) is 6. The molecule has 0 saturated heterocycles. The first-order valence-electron chi connectivity index (χ1n) is 8.40. The Bertz CT molecular complexity index is 1160. The molecule has 0 spiro atoms. The fourth-order valence-electron chi connectivity index (χ4n) is 3.66. The molecule has 0 saturated carbocycles. The minimum absolute atomic E-state index is 0. The zero-order valence-corrected chi connectivity index (χ0v) is 16.5. The van der Waals surface area contributed by atoms with Crippen LogP contribution in [0, 0.1) is 3.57 Å². The van der Waals surface area contributed by atoms with Crippen molar-refractivity contribution < 1.29 is 34.0 Å². The van der Waals surface area contributed by atoms with E-state index in [0.717, 1.165) is 3.57 Å². The Kier molecular flexibility index (Phi) is 5.56. The summed E-state index contributed by atoms with van der Waals surface area (Å²) in [7, 11) is 0. The number of rotatable bonds is 3. The summed E-state index contributed by atoms with van der Waals surface area (Å²) >= 11 is 2.15. The van der Waals surface area contributed by atoms with Gasteiger partial charge in [-0.15, -0.1) is 0 Å². The van der Waals surface area contributed by atoms with Gasteiger partial charge in [-0.2, -0.15) is 0 Å². The van der Waals surface area contributed by atoms with Gasteiger partial charge in [-0.05, 0) is 58.0 Å². The molecule has 3 aromatic rings. The number of carboxylic acids is 1. The second-order valence-electron chi connectivity index (χ2n) is 6.32. The van der Waals surface area contributed by atoms with Crippen molar-refractivity contribution in [2.45, 2.75) is 6.61 Å². The van der Waals surface area contributed by atoms with Gasteiger partial charge in [-0.3, -0.25) is 0 Å². The molecule has 29 heavy (non-hydrogen) atoms.